The number of rotatable bonds is 5. The van der Waals surface area contributed by atoms with Gasteiger partial charge in [0, 0.05) is 25.3 Å². The number of aromatic nitrogens is 2. The van der Waals surface area contributed by atoms with Crippen LogP contribution in [-0.2, 0) is 10.8 Å². The summed E-state index contributed by atoms with van der Waals surface area (Å²) in [5, 5.41) is 3.62. The molecule has 5 rings (SSSR count). The zero-order valence-corrected chi connectivity index (χ0v) is 27.9. The van der Waals surface area contributed by atoms with Crippen LogP contribution in [0.15, 0.2) is 51.4 Å². The number of halogens is 3. The first-order chi connectivity index (χ1) is 17.2. The van der Waals surface area contributed by atoms with E-state index in [-0.39, 0.29) is 10.6 Å². The standard InChI is InChI=1S/C29H31Br2ClN2OSSi/c1-28(2,3)37(6,7)35-29(4,5)15-16-11-12-17-18(13-16)19-14-22(32)36-26(19)25-24(17)33-27(34-25)23-20(30)9-8-10-21(23)31/h8-14H,15H2,1-7H3,(H,33,34). The molecule has 0 spiro atoms. The average molecular weight is 679 g/mol. The number of fused-ring (bicyclic) bond motifs is 6. The van der Waals surface area contributed by atoms with Crippen LogP contribution in [0.4, 0.5) is 0 Å². The molecule has 0 aliphatic rings. The fraction of sp³-hybridized carbons (Fsp3) is 0.345. The quantitative estimate of drug-likeness (QED) is 0.188. The highest BCUT2D eigenvalue weighted by molar-refractivity contribution is 9.11. The Morgan fingerprint density at radius 3 is 2.30 bits per heavy atom. The van der Waals surface area contributed by atoms with E-state index < -0.39 is 8.32 Å². The fourth-order valence-corrected chi connectivity index (χ4v) is 9.20. The highest BCUT2D eigenvalue weighted by Crippen LogP contribution is 2.44. The summed E-state index contributed by atoms with van der Waals surface area (Å²) >= 11 is 15.6. The zero-order chi connectivity index (χ0) is 26.9. The fourth-order valence-electron chi connectivity index (χ4n) is 4.82. The number of benzene rings is 3. The highest BCUT2D eigenvalue weighted by atomic mass is 79.9. The molecule has 0 amide bonds. The molecule has 3 aromatic carbocycles. The van der Waals surface area contributed by atoms with Crippen molar-refractivity contribution < 1.29 is 4.43 Å². The smallest absolute Gasteiger partial charge is 0.192 e. The second-order valence-corrected chi connectivity index (χ2v) is 20.0. The molecular formula is C29H31Br2ClN2OSSi. The van der Waals surface area contributed by atoms with E-state index in [1.54, 1.807) is 11.3 Å². The molecule has 0 atom stereocenters. The summed E-state index contributed by atoms with van der Waals surface area (Å²) in [4.78, 5) is 8.70. The number of aromatic amines is 1. The number of hydrogen-bond acceptors (Lipinski definition) is 3. The first-order valence-electron chi connectivity index (χ1n) is 12.3. The minimum absolute atomic E-state index is 0.166. The van der Waals surface area contributed by atoms with Crippen LogP contribution in [0.2, 0.25) is 22.5 Å². The summed E-state index contributed by atoms with van der Waals surface area (Å²) in [5.41, 5.74) is 3.97. The van der Waals surface area contributed by atoms with E-state index in [0.717, 1.165) is 57.6 Å². The lowest BCUT2D eigenvalue weighted by molar-refractivity contribution is 0.0921. The predicted octanol–water partition coefficient (Wildman–Crippen LogP) is 11.1. The van der Waals surface area contributed by atoms with Crippen molar-refractivity contribution in [3.05, 3.63) is 61.3 Å². The molecule has 0 saturated heterocycles. The van der Waals surface area contributed by atoms with E-state index in [9.17, 15) is 0 Å². The van der Waals surface area contributed by atoms with Gasteiger partial charge in [0.1, 0.15) is 5.82 Å². The van der Waals surface area contributed by atoms with Gasteiger partial charge >= 0.3 is 0 Å². The number of H-pyrrole nitrogens is 1. The highest BCUT2D eigenvalue weighted by Gasteiger charge is 2.41. The molecule has 5 aromatic rings. The lowest BCUT2D eigenvalue weighted by Gasteiger charge is -2.43. The third kappa shape index (κ3) is 5.08. The SMILES string of the molecule is CC(C)(Cc1ccc2c(c1)c1cc(Cl)sc1c1[nH]c(-c3c(Br)cccc3Br)nc21)O[Si](C)(C)C(C)(C)C. The Bertz CT molecular complexity index is 1650. The lowest BCUT2D eigenvalue weighted by Crippen LogP contribution is -2.48. The Kier molecular flexibility index (Phi) is 6.99. The van der Waals surface area contributed by atoms with Gasteiger partial charge in [-0.2, -0.15) is 0 Å². The minimum Gasteiger partial charge on any atom is -0.412 e. The summed E-state index contributed by atoms with van der Waals surface area (Å²) in [6.45, 7) is 15.9. The maximum atomic E-state index is 6.84. The Labute approximate surface area is 245 Å². The van der Waals surface area contributed by atoms with Crippen LogP contribution in [0.3, 0.4) is 0 Å². The van der Waals surface area contributed by atoms with Crippen molar-refractivity contribution in [2.45, 2.75) is 64.8 Å². The molecule has 1 N–H and O–H groups in total. The van der Waals surface area contributed by atoms with Crippen molar-refractivity contribution in [3.63, 3.8) is 0 Å². The second kappa shape index (κ2) is 9.46. The number of nitrogens with one attached hydrogen (secondary N) is 1. The number of thiophene rings is 1. The molecule has 2 heterocycles. The van der Waals surface area contributed by atoms with E-state index in [2.05, 4.69) is 109 Å². The van der Waals surface area contributed by atoms with Gasteiger partial charge in [-0.3, -0.25) is 0 Å². The van der Waals surface area contributed by atoms with E-state index in [0.29, 0.717) is 0 Å². The molecule has 0 fully saturated rings. The summed E-state index contributed by atoms with van der Waals surface area (Å²) in [6, 6.07) is 14.9. The molecule has 3 nitrogen and oxygen atoms in total. The molecule has 0 radical (unpaired) electrons. The Balaban J connectivity index is 1.65. The molecule has 0 unspecified atom stereocenters. The molecule has 8 heteroatoms. The maximum absolute atomic E-state index is 6.84. The van der Waals surface area contributed by atoms with Crippen LogP contribution in [-0.4, -0.2) is 23.9 Å². The first kappa shape index (κ1) is 27.3. The molecule has 0 saturated carbocycles. The van der Waals surface area contributed by atoms with Crippen molar-refractivity contribution in [3.8, 4) is 11.4 Å². The van der Waals surface area contributed by atoms with Crippen LogP contribution in [0.25, 0.3) is 43.3 Å². The van der Waals surface area contributed by atoms with Crippen LogP contribution < -0.4 is 0 Å². The third-order valence-electron chi connectivity index (χ3n) is 7.43. The van der Waals surface area contributed by atoms with E-state index in [1.807, 2.05) is 18.2 Å². The van der Waals surface area contributed by atoms with Crippen molar-refractivity contribution in [2.75, 3.05) is 0 Å². The number of hydrogen-bond donors (Lipinski definition) is 1. The normalized spacial score (nSPS) is 13.4. The number of nitrogens with zero attached hydrogens (tertiary/aromatic N) is 1. The molecule has 2 aromatic heterocycles. The Morgan fingerprint density at radius 2 is 1.65 bits per heavy atom. The minimum atomic E-state index is -1.90. The Hall–Kier alpha value is -1.22. The molecule has 37 heavy (non-hydrogen) atoms. The summed E-state index contributed by atoms with van der Waals surface area (Å²) < 4.78 is 10.7. The average Bonchev–Trinajstić information content (AvgIpc) is 3.35. The molecule has 194 valence electrons. The van der Waals surface area contributed by atoms with Gasteiger partial charge in [-0.15, -0.1) is 11.3 Å². The van der Waals surface area contributed by atoms with Gasteiger partial charge in [0.15, 0.2) is 8.32 Å². The van der Waals surface area contributed by atoms with Crippen molar-refractivity contribution in [2.24, 2.45) is 0 Å². The van der Waals surface area contributed by atoms with Crippen molar-refractivity contribution in [1.29, 1.82) is 0 Å². The molecule has 0 aliphatic carbocycles. The van der Waals surface area contributed by atoms with Crippen LogP contribution in [0, 0.1) is 0 Å². The third-order valence-corrected chi connectivity index (χ3v) is 14.7. The zero-order valence-electron chi connectivity index (χ0n) is 22.1. The van der Waals surface area contributed by atoms with Gasteiger partial charge in [-0.1, -0.05) is 56.6 Å². The van der Waals surface area contributed by atoms with Gasteiger partial charge in [0.05, 0.1) is 25.7 Å². The van der Waals surface area contributed by atoms with Crippen molar-refractivity contribution >= 4 is 95.0 Å². The van der Waals surface area contributed by atoms with Gasteiger partial charge in [-0.05, 0) is 99.4 Å². The van der Waals surface area contributed by atoms with E-state index in [4.69, 9.17) is 21.0 Å². The first-order valence-corrected chi connectivity index (χ1v) is 18.0. The van der Waals surface area contributed by atoms with Gasteiger partial charge in [-0.25, -0.2) is 4.98 Å². The summed E-state index contributed by atoms with van der Waals surface area (Å²) in [7, 11) is -1.90. The monoisotopic (exact) mass is 676 g/mol. The van der Waals surface area contributed by atoms with Crippen LogP contribution in [0.1, 0.15) is 40.2 Å². The Morgan fingerprint density at radius 1 is 0.973 bits per heavy atom. The lowest BCUT2D eigenvalue weighted by atomic mass is 9.95. The molecule has 0 aliphatic heterocycles. The summed E-state index contributed by atoms with van der Waals surface area (Å²) in [6.07, 6.45) is 0.836. The van der Waals surface area contributed by atoms with Crippen molar-refractivity contribution in [1.82, 2.24) is 9.97 Å². The van der Waals surface area contributed by atoms with Crippen LogP contribution >= 0.6 is 54.8 Å². The molecular weight excluding hydrogens is 648 g/mol. The topological polar surface area (TPSA) is 37.9 Å². The van der Waals surface area contributed by atoms with Gasteiger partial charge in [0.25, 0.3) is 0 Å². The predicted molar refractivity (Wildman–Crippen MR) is 171 cm³/mol. The van der Waals surface area contributed by atoms with Gasteiger partial charge < -0.3 is 9.41 Å². The second-order valence-electron chi connectivity index (χ2n) is 11.9. The summed E-state index contributed by atoms with van der Waals surface area (Å²) in [5.74, 6) is 0.820. The van der Waals surface area contributed by atoms with E-state index >= 15 is 0 Å². The van der Waals surface area contributed by atoms with Crippen LogP contribution in [0.5, 0.6) is 0 Å². The largest absolute Gasteiger partial charge is 0.412 e. The number of imidazole rings is 1. The maximum Gasteiger partial charge on any atom is 0.192 e. The molecule has 0 bridgehead atoms. The van der Waals surface area contributed by atoms with E-state index in [1.165, 1.54) is 10.9 Å². The van der Waals surface area contributed by atoms with Gasteiger partial charge in [0.2, 0.25) is 0 Å².